The average molecular weight is 224 g/mol. The predicted octanol–water partition coefficient (Wildman–Crippen LogP) is 1.36. The van der Waals surface area contributed by atoms with E-state index < -0.39 is 0 Å². The molecular formula is C10H12N2O2S. The molecule has 5 heteroatoms. The summed E-state index contributed by atoms with van der Waals surface area (Å²) in [6, 6.07) is 3.79. The van der Waals surface area contributed by atoms with Crippen LogP contribution in [-0.2, 0) is 17.8 Å². The third-order valence-electron chi connectivity index (χ3n) is 2.28. The monoisotopic (exact) mass is 224 g/mol. The predicted molar refractivity (Wildman–Crippen MR) is 57.6 cm³/mol. The van der Waals surface area contributed by atoms with Crippen LogP contribution in [0.5, 0.6) is 0 Å². The highest BCUT2D eigenvalue weighted by molar-refractivity contribution is 7.11. The van der Waals surface area contributed by atoms with Crippen molar-refractivity contribution in [2.75, 3.05) is 6.54 Å². The second-order valence-electron chi connectivity index (χ2n) is 3.43. The highest BCUT2D eigenvalue weighted by atomic mass is 32.1. The number of imide groups is 1. The van der Waals surface area contributed by atoms with Gasteiger partial charge in [-0.25, -0.2) is 4.79 Å². The van der Waals surface area contributed by atoms with E-state index in [-0.39, 0.29) is 18.5 Å². The van der Waals surface area contributed by atoms with Gasteiger partial charge in [-0.1, -0.05) is 6.92 Å². The van der Waals surface area contributed by atoms with Crippen LogP contribution in [0.2, 0.25) is 0 Å². The lowest BCUT2D eigenvalue weighted by molar-refractivity contribution is -0.118. The summed E-state index contributed by atoms with van der Waals surface area (Å²) in [6.45, 7) is 2.81. The fourth-order valence-electron chi connectivity index (χ4n) is 1.50. The van der Waals surface area contributed by atoms with Gasteiger partial charge in [-0.15, -0.1) is 11.3 Å². The van der Waals surface area contributed by atoms with Gasteiger partial charge in [0.05, 0.1) is 6.54 Å². The number of nitrogens with one attached hydrogen (secondary N) is 1. The lowest BCUT2D eigenvalue weighted by atomic mass is 10.3. The minimum absolute atomic E-state index is 0.179. The van der Waals surface area contributed by atoms with Crippen molar-refractivity contribution < 1.29 is 9.59 Å². The molecule has 1 aliphatic rings. The van der Waals surface area contributed by atoms with E-state index in [1.54, 1.807) is 11.3 Å². The molecule has 0 aliphatic carbocycles. The zero-order chi connectivity index (χ0) is 10.8. The van der Waals surface area contributed by atoms with Gasteiger partial charge in [0.2, 0.25) is 5.91 Å². The molecule has 0 spiro atoms. The SMILES string of the molecule is CCc1ccc(CN2CC(=O)NC2=O)s1. The number of thiophene rings is 1. The van der Waals surface area contributed by atoms with E-state index in [1.165, 1.54) is 9.78 Å². The Hall–Kier alpha value is -1.36. The maximum Gasteiger partial charge on any atom is 0.324 e. The summed E-state index contributed by atoms with van der Waals surface area (Å²) in [6.07, 6.45) is 1.01. The van der Waals surface area contributed by atoms with Crippen molar-refractivity contribution in [3.05, 3.63) is 21.9 Å². The Bertz CT molecular complexity index is 400. The molecule has 0 radical (unpaired) electrons. The molecule has 80 valence electrons. The Balaban J connectivity index is 2.02. The zero-order valence-corrected chi connectivity index (χ0v) is 9.26. The molecule has 0 atom stereocenters. The van der Waals surface area contributed by atoms with Crippen LogP contribution in [0.1, 0.15) is 16.7 Å². The van der Waals surface area contributed by atoms with Gasteiger partial charge in [-0.2, -0.15) is 0 Å². The van der Waals surface area contributed by atoms with Crippen LogP contribution in [0.4, 0.5) is 4.79 Å². The van der Waals surface area contributed by atoms with Crippen LogP contribution >= 0.6 is 11.3 Å². The first kappa shape index (κ1) is 10.2. The van der Waals surface area contributed by atoms with Crippen molar-refractivity contribution in [3.63, 3.8) is 0 Å². The van der Waals surface area contributed by atoms with Gasteiger partial charge in [0.15, 0.2) is 0 Å². The van der Waals surface area contributed by atoms with Crippen LogP contribution in [0.3, 0.4) is 0 Å². The summed E-state index contributed by atoms with van der Waals surface area (Å²) >= 11 is 1.69. The first-order valence-electron chi connectivity index (χ1n) is 4.85. The number of rotatable bonds is 3. The molecule has 2 rings (SSSR count). The summed E-state index contributed by atoms with van der Waals surface area (Å²) in [5, 5.41) is 2.26. The summed E-state index contributed by atoms with van der Waals surface area (Å²) in [5.74, 6) is -0.215. The highest BCUT2D eigenvalue weighted by Crippen LogP contribution is 2.19. The molecule has 0 unspecified atom stereocenters. The number of urea groups is 1. The first-order chi connectivity index (χ1) is 7.19. The molecule has 1 aromatic heterocycles. The quantitative estimate of drug-likeness (QED) is 0.788. The Labute approximate surface area is 91.9 Å². The average Bonchev–Trinajstić information content (AvgIpc) is 2.75. The number of nitrogens with zero attached hydrogens (tertiary/aromatic N) is 1. The van der Waals surface area contributed by atoms with E-state index in [4.69, 9.17) is 0 Å². The molecule has 0 aromatic carbocycles. The van der Waals surface area contributed by atoms with Crippen LogP contribution < -0.4 is 5.32 Å². The van der Waals surface area contributed by atoms with Crippen LogP contribution in [0.15, 0.2) is 12.1 Å². The van der Waals surface area contributed by atoms with Gasteiger partial charge in [0.1, 0.15) is 6.54 Å². The number of aryl methyl sites for hydroxylation is 1. The van der Waals surface area contributed by atoms with Gasteiger partial charge < -0.3 is 4.90 Å². The maximum absolute atomic E-state index is 11.3. The maximum atomic E-state index is 11.3. The minimum atomic E-state index is -0.286. The van der Waals surface area contributed by atoms with E-state index in [9.17, 15) is 9.59 Å². The second kappa shape index (κ2) is 4.02. The molecule has 0 saturated carbocycles. The van der Waals surface area contributed by atoms with Crippen molar-refractivity contribution in [1.82, 2.24) is 10.2 Å². The van der Waals surface area contributed by atoms with Gasteiger partial charge in [0.25, 0.3) is 0 Å². The Kier molecular flexibility index (Phi) is 2.73. The molecule has 0 bridgehead atoms. The van der Waals surface area contributed by atoms with E-state index in [1.807, 2.05) is 6.07 Å². The number of hydrogen-bond donors (Lipinski definition) is 1. The number of amides is 3. The van der Waals surface area contributed by atoms with Gasteiger partial charge in [0, 0.05) is 9.75 Å². The summed E-state index contributed by atoms with van der Waals surface area (Å²) in [7, 11) is 0. The lowest BCUT2D eigenvalue weighted by Crippen LogP contribution is -2.27. The van der Waals surface area contributed by atoms with Crippen LogP contribution in [-0.4, -0.2) is 23.4 Å². The summed E-state index contributed by atoms with van der Waals surface area (Å²) in [4.78, 5) is 26.2. The summed E-state index contributed by atoms with van der Waals surface area (Å²) < 4.78 is 0. The van der Waals surface area contributed by atoms with Gasteiger partial charge in [-0.3, -0.25) is 10.1 Å². The van der Waals surface area contributed by atoms with E-state index in [2.05, 4.69) is 18.3 Å². The fourth-order valence-corrected chi connectivity index (χ4v) is 2.47. The van der Waals surface area contributed by atoms with Crippen molar-refractivity contribution in [2.45, 2.75) is 19.9 Å². The molecule has 1 saturated heterocycles. The standard InChI is InChI=1S/C10H12N2O2S/c1-2-7-3-4-8(15-7)5-12-6-9(13)11-10(12)14/h3-4H,2,5-6H2,1H3,(H,11,13,14). The van der Waals surface area contributed by atoms with Crippen LogP contribution in [0.25, 0.3) is 0 Å². The van der Waals surface area contributed by atoms with E-state index in [0.717, 1.165) is 11.3 Å². The molecule has 3 amide bonds. The van der Waals surface area contributed by atoms with E-state index >= 15 is 0 Å². The topological polar surface area (TPSA) is 49.4 Å². The Morgan fingerprint density at radius 2 is 2.13 bits per heavy atom. The number of carbonyl (C=O) groups is 2. The molecule has 2 heterocycles. The third kappa shape index (κ3) is 2.18. The highest BCUT2D eigenvalue weighted by Gasteiger charge is 2.26. The molecule has 1 N–H and O–H groups in total. The molecule has 1 aliphatic heterocycles. The molecule has 1 aromatic rings. The second-order valence-corrected chi connectivity index (χ2v) is 4.68. The van der Waals surface area contributed by atoms with E-state index in [0.29, 0.717) is 6.54 Å². The zero-order valence-electron chi connectivity index (χ0n) is 8.45. The first-order valence-corrected chi connectivity index (χ1v) is 5.67. The van der Waals surface area contributed by atoms with Crippen molar-refractivity contribution in [3.8, 4) is 0 Å². The largest absolute Gasteiger partial charge is 0.324 e. The van der Waals surface area contributed by atoms with Crippen molar-refractivity contribution >= 4 is 23.3 Å². The lowest BCUT2D eigenvalue weighted by Gasteiger charge is -2.10. The van der Waals surface area contributed by atoms with Gasteiger partial charge >= 0.3 is 6.03 Å². The smallest absolute Gasteiger partial charge is 0.310 e. The molecule has 15 heavy (non-hydrogen) atoms. The fraction of sp³-hybridized carbons (Fsp3) is 0.400. The Morgan fingerprint density at radius 3 is 2.67 bits per heavy atom. The summed E-state index contributed by atoms with van der Waals surface area (Å²) in [5.41, 5.74) is 0. The van der Waals surface area contributed by atoms with Crippen LogP contribution in [0, 0.1) is 0 Å². The van der Waals surface area contributed by atoms with Crippen molar-refractivity contribution in [1.29, 1.82) is 0 Å². The number of hydrogen-bond acceptors (Lipinski definition) is 3. The van der Waals surface area contributed by atoms with Gasteiger partial charge in [-0.05, 0) is 18.6 Å². The molecular weight excluding hydrogens is 212 g/mol. The number of carbonyl (C=O) groups excluding carboxylic acids is 2. The normalized spacial score (nSPS) is 15.9. The minimum Gasteiger partial charge on any atom is -0.310 e. The third-order valence-corrected chi connectivity index (χ3v) is 3.49. The molecule has 1 fully saturated rings. The van der Waals surface area contributed by atoms with Crippen molar-refractivity contribution in [2.24, 2.45) is 0 Å². The molecule has 4 nitrogen and oxygen atoms in total. The Morgan fingerprint density at radius 1 is 1.40 bits per heavy atom.